The largest absolute Gasteiger partial charge is 0.487 e. The van der Waals surface area contributed by atoms with Crippen LogP contribution in [0.2, 0.25) is 0 Å². The Hall–Kier alpha value is -1.46. The van der Waals surface area contributed by atoms with Crippen LogP contribution in [0.1, 0.15) is 43.6 Å². The van der Waals surface area contributed by atoms with Gasteiger partial charge < -0.3 is 9.31 Å². The minimum atomic E-state index is -0.384. The Morgan fingerprint density at radius 1 is 1.11 bits per heavy atom. The van der Waals surface area contributed by atoms with Gasteiger partial charge in [-0.1, -0.05) is 12.1 Å². The monoisotopic (exact) mass is 259 g/mol. The number of aromatic nitrogens is 1. The summed E-state index contributed by atoms with van der Waals surface area (Å²) in [7, 11) is -0.384. The SMILES string of the molecule is CC1(C)OB(/C=C/c2cncc(C=O)c2)OC1(C)C. The molecule has 1 aliphatic heterocycles. The highest BCUT2D eigenvalue weighted by molar-refractivity contribution is 6.52. The molecule has 1 saturated heterocycles. The van der Waals surface area contributed by atoms with Gasteiger partial charge in [0, 0.05) is 18.0 Å². The third-order valence-electron chi connectivity index (χ3n) is 3.63. The molecule has 1 aromatic heterocycles. The lowest BCUT2D eigenvalue weighted by molar-refractivity contribution is 0.00578. The van der Waals surface area contributed by atoms with Crippen LogP contribution in [0.4, 0.5) is 0 Å². The molecule has 0 spiro atoms. The number of hydrogen-bond acceptors (Lipinski definition) is 4. The van der Waals surface area contributed by atoms with Gasteiger partial charge in [-0.3, -0.25) is 9.78 Å². The van der Waals surface area contributed by atoms with Crippen LogP contribution in [-0.2, 0) is 9.31 Å². The fraction of sp³-hybridized carbons (Fsp3) is 0.429. The van der Waals surface area contributed by atoms with Crippen molar-refractivity contribution in [1.29, 1.82) is 0 Å². The van der Waals surface area contributed by atoms with E-state index >= 15 is 0 Å². The summed E-state index contributed by atoms with van der Waals surface area (Å²) in [6.07, 6.45) is 5.84. The third kappa shape index (κ3) is 2.93. The number of pyridine rings is 1. The molecule has 4 nitrogen and oxygen atoms in total. The first-order valence-corrected chi connectivity index (χ1v) is 6.28. The molecule has 2 heterocycles. The Balaban J connectivity index is 2.10. The van der Waals surface area contributed by atoms with Crippen LogP contribution in [0.3, 0.4) is 0 Å². The van der Waals surface area contributed by atoms with Gasteiger partial charge in [-0.15, -0.1) is 0 Å². The maximum Gasteiger partial charge on any atom is 0.487 e. The molecule has 19 heavy (non-hydrogen) atoms. The minimum Gasteiger partial charge on any atom is -0.400 e. The molecule has 0 N–H and O–H groups in total. The number of hydrogen-bond donors (Lipinski definition) is 0. The maximum absolute atomic E-state index is 10.7. The van der Waals surface area contributed by atoms with Gasteiger partial charge in [-0.25, -0.2) is 0 Å². The topological polar surface area (TPSA) is 48.4 Å². The lowest BCUT2D eigenvalue weighted by Gasteiger charge is -2.32. The molecule has 0 radical (unpaired) electrons. The molecule has 1 aromatic rings. The predicted octanol–water partition coefficient (Wildman–Crippen LogP) is 2.54. The van der Waals surface area contributed by atoms with E-state index in [0.717, 1.165) is 11.8 Å². The van der Waals surface area contributed by atoms with Crippen LogP contribution in [0.25, 0.3) is 6.08 Å². The Morgan fingerprint density at radius 3 is 2.26 bits per heavy atom. The van der Waals surface area contributed by atoms with Crippen LogP contribution in [0.15, 0.2) is 24.4 Å². The quantitative estimate of drug-likeness (QED) is 0.618. The van der Waals surface area contributed by atoms with Crippen molar-refractivity contribution < 1.29 is 14.1 Å². The Labute approximate surface area is 114 Å². The van der Waals surface area contributed by atoms with Crippen molar-refractivity contribution >= 4 is 19.5 Å². The second-order valence-corrected chi connectivity index (χ2v) is 5.65. The molecule has 1 aliphatic rings. The normalized spacial score (nSPS) is 20.9. The fourth-order valence-electron chi connectivity index (χ4n) is 1.79. The average Bonchev–Trinajstić information content (AvgIpc) is 2.56. The first-order valence-electron chi connectivity index (χ1n) is 6.28. The summed E-state index contributed by atoms with van der Waals surface area (Å²) in [5, 5.41) is 0. The predicted molar refractivity (Wildman–Crippen MR) is 74.7 cm³/mol. The number of carbonyl (C=O) groups is 1. The second kappa shape index (κ2) is 4.91. The first-order chi connectivity index (χ1) is 8.84. The number of rotatable bonds is 3. The summed E-state index contributed by atoms with van der Waals surface area (Å²) in [5.41, 5.74) is 0.714. The molecule has 0 saturated carbocycles. The first kappa shape index (κ1) is 14.0. The van der Waals surface area contributed by atoms with Crippen LogP contribution in [-0.4, -0.2) is 29.6 Å². The van der Waals surface area contributed by atoms with Crippen LogP contribution in [0.5, 0.6) is 0 Å². The van der Waals surface area contributed by atoms with E-state index in [1.54, 1.807) is 12.3 Å². The lowest BCUT2D eigenvalue weighted by atomic mass is 9.89. The van der Waals surface area contributed by atoms with Gasteiger partial charge in [0.1, 0.15) is 0 Å². The minimum absolute atomic E-state index is 0.342. The summed E-state index contributed by atoms with van der Waals surface area (Å²) >= 11 is 0. The molecule has 0 aliphatic carbocycles. The van der Waals surface area contributed by atoms with Crippen LogP contribution in [0, 0.1) is 0 Å². The standard InChI is InChI=1S/C14H18BNO3/c1-13(2)14(3,4)19-15(18-13)6-5-11-7-12(10-17)9-16-8-11/h5-10H,1-4H3/b6-5+. The number of carbonyl (C=O) groups excluding carboxylic acids is 1. The zero-order valence-electron chi connectivity index (χ0n) is 11.7. The van der Waals surface area contributed by atoms with Crippen molar-refractivity contribution in [2.45, 2.75) is 38.9 Å². The molecule has 0 atom stereocenters. The maximum atomic E-state index is 10.7. The van der Waals surface area contributed by atoms with E-state index in [0.29, 0.717) is 5.56 Å². The van der Waals surface area contributed by atoms with Crippen molar-refractivity contribution in [2.75, 3.05) is 0 Å². The Bertz CT molecular complexity index is 495. The molecule has 0 amide bonds. The molecular weight excluding hydrogens is 241 g/mol. The molecule has 0 bridgehead atoms. The highest BCUT2D eigenvalue weighted by Gasteiger charge is 2.49. The number of aldehydes is 1. The van der Waals surface area contributed by atoms with Gasteiger partial charge in [0.15, 0.2) is 6.29 Å². The summed E-state index contributed by atoms with van der Waals surface area (Å²) in [6.45, 7) is 8.04. The highest BCUT2D eigenvalue weighted by Crippen LogP contribution is 2.36. The van der Waals surface area contributed by atoms with Crippen molar-refractivity contribution in [2.24, 2.45) is 0 Å². The fourth-order valence-corrected chi connectivity index (χ4v) is 1.79. The van der Waals surface area contributed by atoms with E-state index in [9.17, 15) is 4.79 Å². The highest BCUT2D eigenvalue weighted by atomic mass is 16.7. The average molecular weight is 259 g/mol. The van der Waals surface area contributed by atoms with Crippen molar-refractivity contribution in [1.82, 2.24) is 4.98 Å². The summed E-state index contributed by atoms with van der Waals surface area (Å²) in [5.74, 6) is 1.84. The van der Waals surface area contributed by atoms with Gasteiger partial charge in [0.2, 0.25) is 0 Å². The van der Waals surface area contributed by atoms with E-state index in [4.69, 9.17) is 9.31 Å². The van der Waals surface area contributed by atoms with Gasteiger partial charge in [-0.05, 0) is 39.3 Å². The van der Waals surface area contributed by atoms with Gasteiger partial charge in [-0.2, -0.15) is 0 Å². The van der Waals surface area contributed by atoms with Crippen molar-refractivity contribution in [3.8, 4) is 0 Å². The molecule has 5 heteroatoms. The summed E-state index contributed by atoms with van der Waals surface area (Å²) in [4.78, 5) is 14.7. The third-order valence-corrected chi connectivity index (χ3v) is 3.63. The summed E-state index contributed by atoms with van der Waals surface area (Å²) < 4.78 is 11.7. The molecule has 0 unspecified atom stereocenters. The molecular formula is C14H18BNO3. The smallest absolute Gasteiger partial charge is 0.400 e. The van der Waals surface area contributed by atoms with E-state index in [2.05, 4.69) is 4.98 Å². The lowest BCUT2D eigenvalue weighted by Crippen LogP contribution is -2.41. The molecule has 0 aromatic carbocycles. The summed E-state index contributed by atoms with van der Waals surface area (Å²) in [6, 6.07) is 1.77. The van der Waals surface area contributed by atoms with Crippen LogP contribution >= 0.6 is 0 Å². The van der Waals surface area contributed by atoms with Crippen molar-refractivity contribution in [3.63, 3.8) is 0 Å². The van der Waals surface area contributed by atoms with E-state index in [-0.39, 0.29) is 18.3 Å². The zero-order valence-corrected chi connectivity index (χ0v) is 11.7. The van der Waals surface area contributed by atoms with E-state index < -0.39 is 0 Å². The zero-order chi connectivity index (χ0) is 14.1. The molecule has 1 fully saturated rings. The number of nitrogens with zero attached hydrogens (tertiary/aromatic N) is 1. The van der Waals surface area contributed by atoms with Crippen LogP contribution < -0.4 is 0 Å². The van der Waals surface area contributed by atoms with Crippen molar-refractivity contribution in [3.05, 3.63) is 35.6 Å². The molecule has 2 rings (SSSR count). The van der Waals surface area contributed by atoms with E-state index in [1.165, 1.54) is 6.20 Å². The molecule has 100 valence electrons. The van der Waals surface area contributed by atoms with Gasteiger partial charge in [0.05, 0.1) is 11.2 Å². The Kier molecular flexibility index (Phi) is 3.61. The van der Waals surface area contributed by atoms with Gasteiger partial charge in [0.25, 0.3) is 0 Å². The Morgan fingerprint density at radius 2 is 1.68 bits per heavy atom. The van der Waals surface area contributed by atoms with Gasteiger partial charge >= 0.3 is 7.12 Å². The van der Waals surface area contributed by atoms with E-state index in [1.807, 2.05) is 39.7 Å². The second-order valence-electron chi connectivity index (χ2n) is 5.65.